The Morgan fingerprint density at radius 2 is 2.09 bits per heavy atom. The lowest BCUT2D eigenvalue weighted by Gasteiger charge is -2.03. The van der Waals surface area contributed by atoms with Crippen LogP contribution >= 0.6 is 39.7 Å². The number of rotatable bonds is 3. The quantitative estimate of drug-likeness (QED) is 0.490. The lowest BCUT2D eigenvalue weighted by atomic mass is 10.2. The summed E-state index contributed by atoms with van der Waals surface area (Å²) >= 11 is 14.8. The molecular weight excluding hydrogens is 400 g/mol. The topological polar surface area (TPSA) is 66.2 Å². The number of aromatic amines is 1. The molecule has 0 aliphatic rings. The molecule has 0 aliphatic heterocycles. The Balaban J connectivity index is 2.06. The van der Waals surface area contributed by atoms with Crippen molar-refractivity contribution in [1.82, 2.24) is 14.9 Å². The minimum atomic E-state index is 0.117. The molecule has 0 unspecified atom stereocenters. The van der Waals surface area contributed by atoms with Crippen LogP contribution in [0.1, 0.15) is 5.56 Å². The second-order valence-corrected chi connectivity index (χ2v) is 6.30. The number of hydrogen-bond donors (Lipinski definition) is 2. The van der Waals surface area contributed by atoms with Gasteiger partial charge in [0.2, 0.25) is 4.77 Å². The number of phenols is 1. The van der Waals surface area contributed by atoms with Crippen molar-refractivity contribution in [3.05, 3.63) is 62.3 Å². The normalized spacial score (nSPS) is 11.2. The highest BCUT2D eigenvalue weighted by molar-refractivity contribution is 9.10. The summed E-state index contributed by atoms with van der Waals surface area (Å²) in [5.74, 6) is 0.609. The van der Waals surface area contributed by atoms with Crippen molar-refractivity contribution in [1.29, 1.82) is 0 Å². The first kappa shape index (κ1) is 15.9. The summed E-state index contributed by atoms with van der Waals surface area (Å²) in [5.41, 5.74) is 1.25. The Bertz CT molecular complexity index is 951. The van der Waals surface area contributed by atoms with Gasteiger partial charge in [-0.05, 0) is 42.5 Å². The van der Waals surface area contributed by atoms with Crippen molar-refractivity contribution in [2.45, 2.75) is 0 Å². The van der Waals surface area contributed by atoms with Gasteiger partial charge < -0.3 is 5.11 Å². The molecule has 0 aliphatic carbocycles. The van der Waals surface area contributed by atoms with E-state index in [1.807, 2.05) is 18.2 Å². The molecule has 1 aromatic heterocycles. The van der Waals surface area contributed by atoms with Crippen LogP contribution in [-0.4, -0.2) is 26.2 Å². The minimum Gasteiger partial charge on any atom is -0.507 e. The van der Waals surface area contributed by atoms with Crippen LogP contribution in [0.4, 0.5) is 0 Å². The van der Waals surface area contributed by atoms with Gasteiger partial charge in [-0.25, -0.2) is 5.10 Å². The zero-order valence-corrected chi connectivity index (χ0v) is 14.7. The van der Waals surface area contributed by atoms with E-state index in [-0.39, 0.29) is 5.75 Å². The van der Waals surface area contributed by atoms with E-state index in [0.29, 0.717) is 26.7 Å². The van der Waals surface area contributed by atoms with Crippen LogP contribution in [-0.2, 0) is 0 Å². The first-order valence-electron chi connectivity index (χ1n) is 6.51. The predicted molar refractivity (Wildman–Crippen MR) is 96.7 cm³/mol. The monoisotopic (exact) mass is 408 g/mol. The smallest absolute Gasteiger partial charge is 0.216 e. The Morgan fingerprint density at radius 1 is 1.30 bits per heavy atom. The van der Waals surface area contributed by atoms with E-state index >= 15 is 0 Å². The zero-order valence-electron chi connectivity index (χ0n) is 11.6. The van der Waals surface area contributed by atoms with Crippen molar-refractivity contribution in [2.75, 3.05) is 0 Å². The lowest BCUT2D eigenvalue weighted by molar-refractivity contribution is 0.474. The molecule has 23 heavy (non-hydrogen) atoms. The van der Waals surface area contributed by atoms with Gasteiger partial charge in [0.25, 0.3) is 0 Å². The average Bonchev–Trinajstić information content (AvgIpc) is 2.89. The summed E-state index contributed by atoms with van der Waals surface area (Å²) in [4.78, 5) is 0. The number of H-pyrrole nitrogens is 1. The van der Waals surface area contributed by atoms with Crippen molar-refractivity contribution in [2.24, 2.45) is 5.10 Å². The van der Waals surface area contributed by atoms with Gasteiger partial charge in [0.15, 0.2) is 5.82 Å². The predicted octanol–water partition coefficient (Wildman–Crippen LogP) is 4.61. The second-order valence-electron chi connectivity index (χ2n) is 4.59. The third-order valence-electron chi connectivity index (χ3n) is 3.07. The molecule has 2 N–H and O–H groups in total. The molecule has 0 fully saturated rings. The highest BCUT2D eigenvalue weighted by atomic mass is 79.9. The number of nitrogens with zero attached hydrogens (tertiary/aromatic N) is 3. The van der Waals surface area contributed by atoms with Gasteiger partial charge in [0, 0.05) is 15.6 Å². The summed E-state index contributed by atoms with van der Waals surface area (Å²) in [7, 11) is 0. The van der Waals surface area contributed by atoms with Crippen molar-refractivity contribution >= 4 is 46.0 Å². The van der Waals surface area contributed by atoms with Gasteiger partial charge in [-0.3, -0.25) is 0 Å². The number of aromatic nitrogens is 3. The molecule has 0 amide bonds. The van der Waals surface area contributed by atoms with Gasteiger partial charge in [-0.1, -0.05) is 39.7 Å². The number of phenolic OH excluding ortho intramolecular Hbond substituents is 1. The van der Waals surface area contributed by atoms with E-state index in [1.165, 1.54) is 10.9 Å². The Kier molecular flexibility index (Phi) is 4.61. The van der Waals surface area contributed by atoms with Crippen LogP contribution in [0.2, 0.25) is 5.02 Å². The van der Waals surface area contributed by atoms with Gasteiger partial charge in [-0.2, -0.15) is 14.9 Å². The van der Waals surface area contributed by atoms with Crippen LogP contribution in [0.5, 0.6) is 5.75 Å². The first-order chi connectivity index (χ1) is 11.1. The molecule has 0 bridgehead atoms. The number of hydrogen-bond acceptors (Lipinski definition) is 4. The molecule has 5 nitrogen and oxygen atoms in total. The van der Waals surface area contributed by atoms with Crippen molar-refractivity contribution in [3.63, 3.8) is 0 Å². The van der Waals surface area contributed by atoms with Gasteiger partial charge >= 0.3 is 0 Å². The molecular formula is C15H10BrClN4OS. The van der Waals surface area contributed by atoms with Crippen LogP contribution in [0, 0.1) is 4.77 Å². The summed E-state index contributed by atoms with van der Waals surface area (Å²) < 4.78 is 2.61. The van der Waals surface area contributed by atoms with Crippen molar-refractivity contribution < 1.29 is 5.11 Å². The molecule has 3 rings (SSSR count). The number of nitrogens with one attached hydrogen (secondary N) is 1. The Morgan fingerprint density at radius 3 is 2.87 bits per heavy atom. The minimum absolute atomic E-state index is 0.117. The van der Waals surface area contributed by atoms with E-state index in [9.17, 15) is 5.11 Å². The Labute approximate surface area is 150 Å². The molecule has 1 heterocycles. The highest BCUT2D eigenvalue weighted by Gasteiger charge is 2.11. The van der Waals surface area contributed by atoms with Crippen LogP contribution in [0.15, 0.2) is 52.0 Å². The molecule has 116 valence electrons. The fourth-order valence-electron chi connectivity index (χ4n) is 1.96. The van der Waals surface area contributed by atoms with Crippen LogP contribution in [0.25, 0.3) is 11.4 Å². The summed E-state index contributed by atoms with van der Waals surface area (Å²) in [6.07, 6.45) is 1.51. The summed E-state index contributed by atoms with van der Waals surface area (Å²) in [6.45, 7) is 0. The van der Waals surface area contributed by atoms with E-state index in [2.05, 4.69) is 31.2 Å². The highest BCUT2D eigenvalue weighted by Crippen LogP contribution is 2.26. The third kappa shape index (κ3) is 3.36. The van der Waals surface area contributed by atoms with Crippen molar-refractivity contribution in [3.8, 4) is 17.1 Å². The molecule has 0 saturated heterocycles. The van der Waals surface area contributed by atoms with Gasteiger partial charge in [0.05, 0.1) is 11.2 Å². The second kappa shape index (κ2) is 6.66. The first-order valence-corrected chi connectivity index (χ1v) is 8.09. The Hall–Kier alpha value is -1.96. The maximum absolute atomic E-state index is 9.87. The molecule has 0 radical (unpaired) electrons. The van der Waals surface area contributed by atoms with E-state index < -0.39 is 0 Å². The van der Waals surface area contributed by atoms with E-state index in [4.69, 9.17) is 23.8 Å². The maximum atomic E-state index is 9.87. The summed E-state index contributed by atoms with van der Waals surface area (Å²) in [6, 6.07) is 12.4. The fourth-order valence-corrected chi connectivity index (χ4v) is 2.74. The third-order valence-corrected chi connectivity index (χ3v) is 4.15. The lowest BCUT2D eigenvalue weighted by Crippen LogP contribution is -1.95. The standard InChI is InChI=1S/C15H10BrClN4OS/c16-10-5-6-13(22)9(7-10)8-18-21-14(19-20-15(21)23)11-3-1-2-4-12(11)17/h1-8,22H,(H,20,23)/b18-8-. The molecule has 0 atom stereocenters. The van der Waals surface area contributed by atoms with E-state index in [0.717, 1.165) is 4.47 Å². The fraction of sp³-hybridized carbons (Fsp3) is 0. The van der Waals surface area contributed by atoms with Gasteiger partial charge in [0.1, 0.15) is 5.75 Å². The average molecular weight is 410 g/mol. The SMILES string of the molecule is Oc1ccc(Br)cc1/C=N\n1c(-c2ccccc2Cl)n[nH]c1=S. The molecule has 0 spiro atoms. The number of aromatic hydroxyl groups is 1. The molecule has 8 heteroatoms. The summed E-state index contributed by atoms with van der Waals surface area (Å²) in [5, 5.41) is 21.6. The van der Waals surface area contributed by atoms with Crippen LogP contribution < -0.4 is 0 Å². The largest absolute Gasteiger partial charge is 0.507 e. The van der Waals surface area contributed by atoms with Gasteiger partial charge in [-0.15, -0.1) is 0 Å². The maximum Gasteiger partial charge on any atom is 0.216 e. The molecule has 2 aromatic carbocycles. The number of halogens is 2. The zero-order chi connectivity index (χ0) is 16.4. The number of benzene rings is 2. The van der Waals surface area contributed by atoms with Crippen LogP contribution in [0.3, 0.4) is 0 Å². The molecule has 0 saturated carbocycles. The molecule has 3 aromatic rings. The van der Waals surface area contributed by atoms with E-state index in [1.54, 1.807) is 24.3 Å².